The van der Waals surface area contributed by atoms with Crippen molar-refractivity contribution in [3.05, 3.63) is 24.2 Å². The number of carbonyl (C=O) groups excluding carboxylic acids is 2. The van der Waals surface area contributed by atoms with Crippen molar-refractivity contribution in [3.63, 3.8) is 0 Å². The van der Waals surface area contributed by atoms with Crippen LogP contribution in [0.5, 0.6) is 0 Å². The van der Waals surface area contributed by atoms with Gasteiger partial charge < -0.3 is 4.42 Å². The van der Waals surface area contributed by atoms with E-state index in [0.29, 0.717) is 0 Å². The average molecular weight is 166 g/mol. The molecule has 0 bridgehead atoms. The Morgan fingerprint density at radius 2 is 2.25 bits per heavy atom. The minimum Gasteiger partial charge on any atom is -0.472 e. The van der Waals surface area contributed by atoms with Gasteiger partial charge in [-0.15, -0.1) is 0 Å². The first-order valence-electron chi connectivity index (χ1n) is 3.70. The Hall–Kier alpha value is -1.38. The maximum atomic E-state index is 11.1. The molecular weight excluding hydrogens is 156 g/mol. The van der Waals surface area contributed by atoms with Gasteiger partial charge in [0, 0.05) is 6.42 Å². The molecule has 3 heteroatoms. The quantitative estimate of drug-likeness (QED) is 0.634. The van der Waals surface area contributed by atoms with E-state index in [-0.39, 0.29) is 24.4 Å². The van der Waals surface area contributed by atoms with E-state index in [2.05, 4.69) is 0 Å². The Labute approximate surface area is 70.4 Å². The molecule has 0 N–H and O–H groups in total. The van der Waals surface area contributed by atoms with Gasteiger partial charge in [-0.1, -0.05) is 0 Å². The maximum Gasteiger partial charge on any atom is 0.144 e. The summed E-state index contributed by atoms with van der Waals surface area (Å²) in [4.78, 5) is 21.6. The van der Waals surface area contributed by atoms with Crippen molar-refractivity contribution in [2.75, 3.05) is 0 Å². The van der Waals surface area contributed by atoms with Crippen molar-refractivity contribution in [3.8, 4) is 0 Å². The largest absolute Gasteiger partial charge is 0.472 e. The number of hydrogen-bond acceptors (Lipinski definition) is 3. The molecule has 0 spiro atoms. The molecule has 1 aromatic rings. The lowest BCUT2D eigenvalue weighted by Crippen LogP contribution is -2.06. The van der Waals surface area contributed by atoms with E-state index in [0.717, 1.165) is 5.56 Å². The summed E-state index contributed by atoms with van der Waals surface area (Å²) in [6.07, 6.45) is 3.33. The zero-order valence-electron chi connectivity index (χ0n) is 6.87. The third-order valence-electron chi connectivity index (χ3n) is 1.43. The Kier molecular flexibility index (Phi) is 2.80. The smallest absolute Gasteiger partial charge is 0.144 e. The Balaban J connectivity index is 2.42. The Morgan fingerprint density at radius 3 is 2.75 bits per heavy atom. The summed E-state index contributed by atoms with van der Waals surface area (Å²) in [6.45, 7) is 1.41. The van der Waals surface area contributed by atoms with Crippen LogP contribution in [-0.4, -0.2) is 11.6 Å². The number of carbonyl (C=O) groups is 2. The van der Waals surface area contributed by atoms with Gasteiger partial charge in [0.25, 0.3) is 0 Å². The second kappa shape index (κ2) is 3.85. The van der Waals surface area contributed by atoms with Crippen LogP contribution in [0.3, 0.4) is 0 Å². The fourth-order valence-corrected chi connectivity index (χ4v) is 0.961. The van der Waals surface area contributed by atoms with Crippen LogP contribution in [0.1, 0.15) is 18.9 Å². The molecule has 1 rings (SSSR count). The summed E-state index contributed by atoms with van der Waals surface area (Å²) in [6, 6.07) is 1.72. The van der Waals surface area contributed by atoms with Crippen molar-refractivity contribution in [1.29, 1.82) is 0 Å². The lowest BCUT2D eigenvalue weighted by atomic mass is 10.1. The van der Waals surface area contributed by atoms with Gasteiger partial charge in [-0.3, -0.25) is 9.59 Å². The number of rotatable bonds is 4. The average Bonchev–Trinajstić information content (AvgIpc) is 2.37. The monoisotopic (exact) mass is 166 g/mol. The predicted molar refractivity (Wildman–Crippen MR) is 42.7 cm³/mol. The zero-order chi connectivity index (χ0) is 8.97. The molecule has 0 saturated heterocycles. The van der Waals surface area contributed by atoms with Crippen LogP contribution in [0.25, 0.3) is 0 Å². The van der Waals surface area contributed by atoms with E-state index in [4.69, 9.17) is 4.42 Å². The van der Waals surface area contributed by atoms with Gasteiger partial charge >= 0.3 is 0 Å². The van der Waals surface area contributed by atoms with E-state index in [1.807, 2.05) is 0 Å². The highest BCUT2D eigenvalue weighted by Gasteiger charge is 2.06. The molecular formula is C9H10O3. The van der Waals surface area contributed by atoms with Gasteiger partial charge in [0.2, 0.25) is 0 Å². The van der Waals surface area contributed by atoms with Crippen LogP contribution >= 0.6 is 0 Å². The van der Waals surface area contributed by atoms with Crippen LogP contribution in [0.2, 0.25) is 0 Å². The summed E-state index contributed by atoms with van der Waals surface area (Å²) in [7, 11) is 0. The first-order chi connectivity index (χ1) is 5.68. The van der Waals surface area contributed by atoms with Crippen LogP contribution < -0.4 is 0 Å². The fraction of sp³-hybridized carbons (Fsp3) is 0.333. The van der Waals surface area contributed by atoms with Crippen molar-refractivity contribution in [1.82, 2.24) is 0 Å². The van der Waals surface area contributed by atoms with Gasteiger partial charge in [-0.2, -0.15) is 0 Å². The van der Waals surface area contributed by atoms with Crippen molar-refractivity contribution in [2.24, 2.45) is 0 Å². The summed E-state index contributed by atoms with van der Waals surface area (Å²) < 4.78 is 4.78. The molecule has 0 amide bonds. The van der Waals surface area contributed by atoms with Crippen molar-refractivity contribution >= 4 is 11.6 Å². The Bertz CT molecular complexity index is 272. The second-order valence-corrected chi connectivity index (χ2v) is 2.73. The third-order valence-corrected chi connectivity index (χ3v) is 1.43. The standard InChI is InChI=1S/C9H10O3/c1-7(10)4-9(11)5-8-2-3-12-6-8/h2-3,6H,4-5H2,1H3. The minimum absolute atomic E-state index is 0.0190. The van der Waals surface area contributed by atoms with Crippen LogP contribution in [0, 0.1) is 0 Å². The molecule has 64 valence electrons. The second-order valence-electron chi connectivity index (χ2n) is 2.73. The molecule has 0 aliphatic heterocycles. The molecule has 0 unspecified atom stereocenters. The molecule has 0 atom stereocenters. The molecule has 0 aliphatic carbocycles. The van der Waals surface area contributed by atoms with E-state index in [1.165, 1.54) is 19.5 Å². The first-order valence-corrected chi connectivity index (χ1v) is 3.70. The van der Waals surface area contributed by atoms with E-state index in [1.54, 1.807) is 6.07 Å². The summed E-state index contributed by atoms with van der Waals surface area (Å²) in [5.41, 5.74) is 0.821. The van der Waals surface area contributed by atoms with E-state index in [9.17, 15) is 9.59 Å². The normalized spacial score (nSPS) is 9.75. The topological polar surface area (TPSA) is 47.3 Å². The Morgan fingerprint density at radius 1 is 1.50 bits per heavy atom. The van der Waals surface area contributed by atoms with Gasteiger partial charge in [0.1, 0.15) is 11.6 Å². The van der Waals surface area contributed by atoms with Crippen LogP contribution in [0.15, 0.2) is 23.0 Å². The number of ketones is 2. The molecule has 0 aliphatic rings. The third kappa shape index (κ3) is 2.70. The molecule has 12 heavy (non-hydrogen) atoms. The molecule has 0 saturated carbocycles. The number of hydrogen-bond donors (Lipinski definition) is 0. The molecule has 0 radical (unpaired) electrons. The van der Waals surface area contributed by atoms with Crippen LogP contribution in [-0.2, 0) is 16.0 Å². The molecule has 0 fully saturated rings. The highest BCUT2D eigenvalue weighted by Crippen LogP contribution is 2.02. The molecule has 1 aromatic heterocycles. The van der Waals surface area contributed by atoms with Gasteiger partial charge in [-0.05, 0) is 18.6 Å². The lowest BCUT2D eigenvalue weighted by Gasteiger charge is -1.93. The van der Waals surface area contributed by atoms with Gasteiger partial charge in [0.15, 0.2) is 0 Å². The summed E-state index contributed by atoms with van der Waals surface area (Å²) in [5, 5.41) is 0. The van der Waals surface area contributed by atoms with Gasteiger partial charge in [-0.25, -0.2) is 0 Å². The van der Waals surface area contributed by atoms with Gasteiger partial charge in [0.05, 0.1) is 18.9 Å². The van der Waals surface area contributed by atoms with Crippen LogP contribution in [0.4, 0.5) is 0 Å². The highest BCUT2D eigenvalue weighted by atomic mass is 16.3. The highest BCUT2D eigenvalue weighted by molar-refractivity contribution is 5.98. The maximum absolute atomic E-state index is 11.1. The zero-order valence-corrected chi connectivity index (χ0v) is 6.87. The SMILES string of the molecule is CC(=O)CC(=O)Cc1ccoc1. The van der Waals surface area contributed by atoms with Crippen molar-refractivity contribution in [2.45, 2.75) is 19.8 Å². The molecule has 0 aromatic carbocycles. The summed E-state index contributed by atoms with van der Waals surface area (Å²) >= 11 is 0. The summed E-state index contributed by atoms with van der Waals surface area (Å²) in [5.74, 6) is -0.160. The molecule has 3 nitrogen and oxygen atoms in total. The molecule has 1 heterocycles. The minimum atomic E-state index is -0.0940. The number of furan rings is 1. The van der Waals surface area contributed by atoms with E-state index < -0.39 is 0 Å². The van der Waals surface area contributed by atoms with E-state index >= 15 is 0 Å². The number of Topliss-reactive ketones (excluding diaryl/α,β-unsaturated/α-hetero) is 2. The predicted octanol–water partition coefficient (Wildman–Crippen LogP) is 1.37. The lowest BCUT2D eigenvalue weighted by molar-refractivity contribution is -0.125. The fourth-order valence-electron chi connectivity index (χ4n) is 0.961. The first kappa shape index (κ1) is 8.71. The van der Waals surface area contributed by atoms with Crippen molar-refractivity contribution < 1.29 is 14.0 Å².